The molecule has 138 valence electrons. The smallest absolute Gasteiger partial charge is 0.262 e. The highest BCUT2D eigenvalue weighted by molar-refractivity contribution is 9.10. The van der Waals surface area contributed by atoms with Crippen LogP contribution >= 0.6 is 15.9 Å². The minimum absolute atomic E-state index is 0.0459. The number of halogens is 1. The monoisotopic (exact) mass is 426 g/mol. The van der Waals surface area contributed by atoms with Crippen LogP contribution in [0.4, 0.5) is 5.69 Å². The van der Waals surface area contributed by atoms with Crippen LogP contribution in [0.3, 0.4) is 0 Å². The minimum atomic E-state index is -0.201. The highest BCUT2D eigenvalue weighted by Crippen LogP contribution is 2.24. The van der Waals surface area contributed by atoms with Crippen molar-refractivity contribution in [3.05, 3.63) is 58.8 Å². The molecule has 1 aromatic heterocycles. The summed E-state index contributed by atoms with van der Waals surface area (Å²) in [6, 6.07) is 15.0. The molecular weight excluding hydrogens is 408 g/mol. The maximum atomic E-state index is 12.0. The lowest BCUT2D eigenvalue weighted by atomic mass is 10.1. The van der Waals surface area contributed by atoms with E-state index in [0.717, 1.165) is 46.8 Å². The molecule has 0 saturated carbocycles. The van der Waals surface area contributed by atoms with Crippen molar-refractivity contribution >= 4 is 27.5 Å². The van der Waals surface area contributed by atoms with Crippen LogP contribution in [0.15, 0.2) is 53.0 Å². The number of amides is 1. The summed E-state index contributed by atoms with van der Waals surface area (Å²) >= 11 is 3.37. The lowest BCUT2D eigenvalue weighted by Crippen LogP contribution is -2.20. The molecule has 0 unspecified atom stereocenters. The van der Waals surface area contributed by atoms with Gasteiger partial charge >= 0.3 is 0 Å². The van der Waals surface area contributed by atoms with Crippen LogP contribution in [-0.2, 0) is 17.8 Å². The van der Waals surface area contributed by atoms with E-state index in [4.69, 9.17) is 4.74 Å². The van der Waals surface area contributed by atoms with E-state index in [2.05, 4.69) is 36.0 Å². The van der Waals surface area contributed by atoms with E-state index in [1.165, 1.54) is 6.42 Å². The fourth-order valence-corrected chi connectivity index (χ4v) is 3.37. The fourth-order valence-electron chi connectivity index (χ4n) is 3.10. The van der Waals surface area contributed by atoms with Crippen LogP contribution in [0, 0.1) is 0 Å². The van der Waals surface area contributed by atoms with E-state index < -0.39 is 0 Å². The first-order valence-corrected chi connectivity index (χ1v) is 9.69. The van der Waals surface area contributed by atoms with Crippen molar-refractivity contribution in [2.45, 2.75) is 25.8 Å². The summed E-state index contributed by atoms with van der Waals surface area (Å²) in [4.78, 5) is 12.0. The number of nitrogens with one attached hydrogen (secondary N) is 1. The maximum Gasteiger partial charge on any atom is 0.262 e. The Morgan fingerprint density at radius 2 is 1.85 bits per heavy atom. The molecule has 0 spiro atoms. The molecule has 1 amide bonds. The average Bonchev–Trinajstić information content (AvgIpc) is 3.13. The number of carbonyl (C=O) groups is 1. The van der Waals surface area contributed by atoms with E-state index in [0.29, 0.717) is 5.75 Å². The first-order chi connectivity index (χ1) is 13.2. The van der Waals surface area contributed by atoms with Gasteiger partial charge < -0.3 is 14.6 Å². The Bertz CT molecular complexity index is 936. The largest absolute Gasteiger partial charge is 0.484 e. The molecule has 27 heavy (non-hydrogen) atoms. The first kappa shape index (κ1) is 17.7. The van der Waals surface area contributed by atoms with E-state index in [9.17, 15) is 4.79 Å². The molecule has 2 aromatic carbocycles. The third-order valence-electron chi connectivity index (χ3n) is 4.47. The third-order valence-corrected chi connectivity index (χ3v) is 5.00. The molecule has 1 aliphatic heterocycles. The van der Waals surface area contributed by atoms with Crippen LogP contribution in [0.1, 0.15) is 18.7 Å². The predicted molar refractivity (Wildman–Crippen MR) is 107 cm³/mol. The molecule has 2 heterocycles. The second kappa shape index (κ2) is 7.92. The highest BCUT2D eigenvalue weighted by atomic mass is 79.9. The molecular formula is C20H19BrN4O2. The quantitative estimate of drug-likeness (QED) is 0.667. The number of aryl methyl sites for hydroxylation is 1. The lowest BCUT2D eigenvalue weighted by Gasteiger charge is -2.14. The van der Waals surface area contributed by atoms with Crippen molar-refractivity contribution in [1.82, 2.24) is 14.8 Å². The summed E-state index contributed by atoms with van der Waals surface area (Å²) in [5, 5.41) is 11.4. The average molecular weight is 427 g/mol. The first-order valence-electron chi connectivity index (χ1n) is 8.90. The zero-order valence-corrected chi connectivity index (χ0v) is 16.3. The van der Waals surface area contributed by atoms with Crippen LogP contribution < -0.4 is 10.1 Å². The van der Waals surface area contributed by atoms with Crippen molar-refractivity contribution in [2.75, 3.05) is 11.9 Å². The van der Waals surface area contributed by atoms with E-state index >= 15 is 0 Å². The topological polar surface area (TPSA) is 69.0 Å². The number of nitrogens with zero attached hydrogens (tertiary/aromatic N) is 3. The zero-order chi connectivity index (χ0) is 18.6. The van der Waals surface area contributed by atoms with Gasteiger partial charge in [-0.15, -0.1) is 10.2 Å². The number of ether oxygens (including phenoxy) is 1. The summed E-state index contributed by atoms with van der Waals surface area (Å²) in [6.07, 6.45) is 3.32. The highest BCUT2D eigenvalue weighted by Gasteiger charge is 2.16. The van der Waals surface area contributed by atoms with Gasteiger partial charge in [0.15, 0.2) is 12.4 Å². The van der Waals surface area contributed by atoms with Gasteiger partial charge in [0.2, 0.25) is 0 Å². The number of rotatable bonds is 5. The number of carbonyl (C=O) groups excluding carboxylic acids is 1. The standard InChI is InChI=1S/C20H19BrN4O2/c21-15-6-8-16(9-7-15)22-19(26)13-27-17-10-4-14(5-11-17)20-24-23-18-3-1-2-12-25(18)20/h4-11H,1-3,12-13H2,(H,22,26). The normalized spacial score (nSPS) is 13.1. The molecule has 7 heteroatoms. The summed E-state index contributed by atoms with van der Waals surface area (Å²) in [5.74, 6) is 2.39. The lowest BCUT2D eigenvalue weighted by molar-refractivity contribution is -0.118. The number of anilines is 1. The summed E-state index contributed by atoms with van der Waals surface area (Å²) in [5.41, 5.74) is 1.74. The van der Waals surface area contributed by atoms with Gasteiger partial charge in [0.25, 0.3) is 5.91 Å². The second-order valence-electron chi connectivity index (χ2n) is 6.42. The Hall–Kier alpha value is -2.67. The maximum absolute atomic E-state index is 12.0. The van der Waals surface area contributed by atoms with E-state index in [-0.39, 0.29) is 12.5 Å². The van der Waals surface area contributed by atoms with E-state index in [1.54, 1.807) is 0 Å². The van der Waals surface area contributed by atoms with Crippen molar-refractivity contribution in [1.29, 1.82) is 0 Å². The minimum Gasteiger partial charge on any atom is -0.484 e. The Balaban J connectivity index is 1.36. The Morgan fingerprint density at radius 3 is 2.63 bits per heavy atom. The van der Waals surface area contributed by atoms with Gasteiger partial charge in [-0.25, -0.2) is 0 Å². The van der Waals surface area contributed by atoms with Crippen molar-refractivity contribution in [3.8, 4) is 17.1 Å². The van der Waals surface area contributed by atoms with Crippen LogP contribution in [0.2, 0.25) is 0 Å². The molecule has 0 radical (unpaired) electrons. The van der Waals surface area contributed by atoms with Gasteiger partial charge in [0, 0.05) is 28.7 Å². The van der Waals surface area contributed by atoms with Gasteiger partial charge in [0.05, 0.1) is 0 Å². The molecule has 1 aliphatic rings. The Kier molecular flexibility index (Phi) is 5.20. The van der Waals surface area contributed by atoms with Crippen molar-refractivity contribution in [2.24, 2.45) is 0 Å². The SMILES string of the molecule is O=C(COc1ccc(-c2nnc3n2CCCC3)cc1)Nc1ccc(Br)cc1. The van der Waals surface area contributed by atoms with Gasteiger partial charge in [-0.3, -0.25) is 4.79 Å². The van der Waals surface area contributed by atoms with Crippen molar-refractivity contribution in [3.63, 3.8) is 0 Å². The van der Waals surface area contributed by atoms with Gasteiger partial charge in [-0.05, 0) is 61.4 Å². The fraction of sp³-hybridized carbons (Fsp3) is 0.250. The Labute approximate surface area is 165 Å². The number of aromatic nitrogens is 3. The molecule has 1 N–H and O–H groups in total. The summed E-state index contributed by atoms with van der Waals surface area (Å²) in [7, 11) is 0. The number of benzene rings is 2. The molecule has 0 bridgehead atoms. The summed E-state index contributed by atoms with van der Waals surface area (Å²) in [6.45, 7) is 0.919. The predicted octanol–water partition coefficient (Wildman–Crippen LogP) is 4.06. The molecule has 0 saturated heterocycles. The van der Waals surface area contributed by atoms with Crippen molar-refractivity contribution < 1.29 is 9.53 Å². The third kappa shape index (κ3) is 4.19. The number of hydrogen-bond acceptors (Lipinski definition) is 4. The van der Waals surface area contributed by atoms with Crippen LogP contribution in [0.5, 0.6) is 5.75 Å². The number of hydrogen-bond donors (Lipinski definition) is 1. The van der Waals surface area contributed by atoms with Crippen LogP contribution in [-0.4, -0.2) is 27.3 Å². The molecule has 4 rings (SSSR count). The van der Waals surface area contributed by atoms with Gasteiger partial charge in [0.1, 0.15) is 11.6 Å². The zero-order valence-electron chi connectivity index (χ0n) is 14.7. The van der Waals surface area contributed by atoms with Crippen LogP contribution in [0.25, 0.3) is 11.4 Å². The number of fused-ring (bicyclic) bond motifs is 1. The van der Waals surface area contributed by atoms with Gasteiger partial charge in [-0.1, -0.05) is 15.9 Å². The summed E-state index contributed by atoms with van der Waals surface area (Å²) < 4.78 is 8.73. The molecule has 0 atom stereocenters. The second-order valence-corrected chi connectivity index (χ2v) is 7.33. The van der Waals surface area contributed by atoms with Gasteiger partial charge in [-0.2, -0.15) is 0 Å². The molecule has 3 aromatic rings. The molecule has 6 nitrogen and oxygen atoms in total. The molecule has 0 fully saturated rings. The van der Waals surface area contributed by atoms with E-state index in [1.807, 2.05) is 48.5 Å². The molecule has 0 aliphatic carbocycles. The Morgan fingerprint density at radius 1 is 1.07 bits per heavy atom.